The van der Waals surface area contributed by atoms with Crippen molar-refractivity contribution in [3.63, 3.8) is 0 Å². The zero-order valence-corrected chi connectivity index (χ0v) is 14.4. The van der Waals surface area contributed by atoms with Crippen molar-refractivity contribution in [2.75, 3.05) is 12.4 Å². The highest BCUT2D eigenvalue weighted by molar-refractivity contribution is 6.04. The Hall–Kier alpha value is -3.67. The van der Waals surface area contributed by atoms with E-state index < -0.39 is 0 Å². The van der Waals surface area contributed by atoms with Crippen LogP contribution >= 0.6 is 0 Å². The zero-order valence-electron chi connectivity index (χ0n) is 14.4. The van der Waals surface area contributed by atoms with Crippen LogP contribution in [0, 0.1) is 5.82 Å². The first-order valence-electron chi connectivity index (χ1n) is 8.25. The maximum Gasteiger partial charge on any atom is 0.255 e. The summed E-state index contributed by atoms with van der Waals surface area (Å²) in [6, 6.07) is 18.0. The molecule has 1 amide bonds. The fourth-order valence-corrected chi connectivity index (χ4v) is 2.75. The Labute approximate surface area is 154 Å². The second-order valence-corrected chi connectivity index (χ2v) is 5.86. The summed E-state index contributed by atoms with van der Waals surface area (Å²) in [6.07, 6.45) is 0. The molecular weight excluding hydrogens is 347 g/mol. The minimum Gasteiger partial charge on any atom is -0.496 e. The molecule has 1 aromatic heterocycles. The van der Waals surface area contributed by atoms with E-state index in [9.17, 15) is 9.18 Å². The monoisotopic (exact) mass is 362 g/mol. The lowest BCUT2D eigenvalue weighted by atomic mass is 10.2. The third-order valence-electron chi connectivity index (χ3n) is 4.09. The van der Waals surface area contributed by atoms with Gasteiger partial charge in [0, 0.05) is 11.3 Å². The van der Waals surface area contributed by atoms with Crippen LogP contribution in [0.5, 0.6) is 5.75 Å². The molecule has 0 bridgehead atoms. The maximum atomic E-state index is 13.0. The molecule has 4 rings (SSSR count). The molecule has 0 radical (unpaired) electrons. The van der Waals surface area contributed by atoms with Gasteiger partial charge in [-0.15, -0.1) is 0 Å². The summed E-state index contributed by atoms with van der Waals surface area (Å²) >= 11 is 0. The van der Waals surface area contributed by atoms with E-state index in [4.69, 9.17) is 9.15 Å². The van der Waals surface area contributed by atoms with E-state index in [1.165, 1.54) is 24.3 Å². The number of ether oxygens (including phenoxy) is 1. The smallest absolute Gasteiger partial charge is 0.255 e. The number of carbonyl (C=O) groups is 1. The van der Waals surface area contributed by atoms with Gasteiger partial charge in [0.15, 0.2) is 5.58 Å². The lowest BCUT2D eigenvalue weighted by Crippen LogP contribution is -2.11. The van der Waals surface area contributed by atoms with Crippen molar-refractivity contribution < 1.29 is 18.3 Å². The highest BCUT2D eigenvalue weighted by Gasteiger charge is 2.14. The molecule has 1 heterocycles. The number of para-hydroxylation sites is 1. The Balaban J connectivity index is 1.63. The third kappa shape index (κ3) is 3.37. The van der Waals surface area contributed by atoms with E-state index in [-0.39, 0.29) is 11.7 Å². The largest absolute Gasteiger partial charge is 0.496 e. The minimum atomic E-state index is -0.389. The van der Waals surface area contributed by atoms with Crippen LogP contribution in [-0.2, 0) is 0 Å². The second-order valence-electron chi connectivity index (χ2n) is 5.86. The highest BCUT2D eigenvalue weighted by atomic mass is 19.1. The van der Waals surface area contributed by atoms with E-state index in [0.29, 0.717) is 34.0 Å². The molecular formula is C21H15FN2O3. The lowest BCUT2D eigenvalue weighted by molar-refractivity contribution is 0.102. The summed E-state index contributed by atoms with van der Waals surface area (Å²) in [6.45, 7) is 0. The number of halogens is 1. The number of rotatable bonds is 4. The SMILES string of the molecule is COc1ccccc1-c1nc2cc(NC(=O)c3ccc(F)cc3)ccc2o1. The molecule has 0 atom stereocenters. The first kappa shape index (κ1) is 16.8. The second kappa shape index (κ2) is 6.92. The molecule has 0 aliphatic carbocycles. The average molecular weight is 362 g/mol. The van der Waals surface area contributed by atoms with Gasteiger partial charge in [-0.1, -0.05) is 12.1 Å². The summed E-state index contributed by atoms with van der Waals surface area (Å²) in [7, 11) is 1.59. The van der Waals surface area contributed by atoms with Gasteiger partial charge >= 0.3 is 0 Å². The van der Waals surface area contributed by atoms with Gasteiger partial charge in [-0.2, -0.15) is 0 Å². The Morgan fingerprint density at radius 3 is 2.63 bits per heavy atom. The number of hydrogen-bond donors (Lipinski definition) is 1. The predicted molar refractivity (Wildman–Crippen MR) is 100 cm³/mol. The van der Waals surface area contributed by atoms with Crippen LogP contribution in [-0.4, -0.2) is 18.0 Å². The van der Waals surface area contributed by atoms with E-state index in [2.05, 4.69) is 10.3 Å². The van der Waals surface area contributed by atoms with Crippen molar-refractivity contribution in [3.8, 4) is 17.2 Å². The number of methoxy groups -OCH3 is 1. The van der Waals surface area contributed by atoms with Crippen LogP contribution in [0.15, 0.2) is 71.1 Å². The molecule has 1 N–H and O–H groups in total. The molecule has 0 aliphatic rings. The molecule has 0 fully saturated rings. The van der Waals surface area contributed by atoms with Gasteiger partial charge in [0.2, 0.25) is 5.89 Å². The van der Waals surface area contributed by atoms with Gasteiger partial charge in [0.05, 0.1) is 12.7 Å². The fourth-order valence-electron chi connectivity index (χ4n) is 2.75. The lowest BCUT2D eigenvalue weighted by Gasteiger charge is -2.04. The Morgan fingerprint density at radius 2 is 1.85 bits per heavy atom. The molecule has 5 nitrogen and oxygen atoms in total. The zero-order chi connectivity index (χ0) is 18.8. The number of oxazole rings is 1. The standard InChI is InChI=1S/C21H15FN2O3/c1-26-18-5-3-2-4-16(18)21-24-17-12-15(10-11-19(17)27-21)23-20(25)13-6-8-14(22)9-7-13/h2-12H,1H3,(H,23,25). The number of nitrogens with zero attached hydrogens (tertiary/aromatic N) is 1. The summed E-state index contributed by atoms with van der Waals surface area (Å²) in [5.74, 6) is 0.376. The van der Waals surface area contributed by atoms with E-state index in [1.807, 2.05) is 24.3 Å². The molecule has 0 saturated heterocycles. The number of carbonyl (C=O) groups excluding carboxylic acids is 1. The van der Waals surface area contributed by atoms with Crippen LogP contribution < -0.4 is 10.1 Å². The number of fused-ring (bicyclic) bond motifs is 1. The number of benzene rings is 3. The predicted octanol–water partition coefficient (Wildman–Crippen LogP) is 4.89. The number of nitrogens with one attached hydrogen (secondary N) is 1. The third-order valence-corrected chi connectivity index (χ3v) is 4.09. The number of anilines is 1. The van der Waals surface area contributed by atoms with E-state index >= 15 is 0 Å². The van der Waals surface area contributed by atoms with Crippen LogP contribution in [0.4, 0.5) is 10.1 Å². The van der Waals surface area contributed by atoms with Crippen molar-refractivity contribution in [2.45, 2.75) is 0 Å². The molecule has 0 unspecified atom stereocenters. The van der Waals surface area contributed by atoms with Crippen molar-refractivity contribution in [3.05, 3.63) is 78.1 Å². The Bertz CT molecular complexity index is 1120. The molecule has 3 aromatic carbocycles. The summed E-state index contributed by atoms with van der Waals surface area (Å²) < 4.78 is 24.1. The summed E-state index contributed by atoms with van der Waals surface area (Å²) in [4.78, 5) is 16.8. The van der Waals surface area contributed by atoms with Gasteiger partial charge in [-0.3, -0.25) is 4.79 Å². The van der Waals surface area contributed by atoms with Crippen LogP contribution in [0.1, 0.15) is 10.4 Å². The molecule has 0 spiro atoms. The number of aromatic nitrogens is 1. The quantitative estimate of drug-likeness (QED) is 0.561. The van der Waals surface area contributed by atoms with Crippen LogP contribution in [0.3, 0.4) is 0 Å². The number of amides is 1. The topological polar surface area (TPSA) is 64.4 Å². The Morgan fingerprint density at radius 1 is 1.07 bits per heavy atom. The molecule has 0 aliphatic heterocycles. The fraction of sp³-hybridized carbons (Fsp3) is 0.0476. The Kier molecular flexibility index (Phi) is 4.30. The van der Waals surface area contributed by atoms with Gasteiger partial charge < -0.3 is 14.5 Å². The number of hydrogen-bond acceptors (Lipinski definition) is 4. The first-order valence-corrected chi connectivity index (χ1v) is 8.25. The maximum absolute atomic E-state index is 13.0. The van der Waals surface area contributed by atoms with E-state index in [1.54, 1.807) is 25.3 Å². The first-order chi connectivity index (χ1) is 13.1. The van der Waals surface area contributed by atoms with E-state index in [0.717, 1.165) is 5.56 Å². The van der Waals surface area contributed by atoms with Gasteiger partial charge in [-0.05, 0) is 54.6 Å². The molecule has 4 aromatic rings. The molecule has 27 heavy (non-hydrogen) atoms. The van der Waals surface area contributed by atoms with Gasteiger partial charge in [0.1, 0.15) is 17.1 Å². The van der Waals surface area contributed by atoms with Crippen molar-refractivity contribution in [1.82, 2.24) is 4.98 Å². The van der Waals surface area contributed by atoms with Gasteiger partial charge in [0.25, 0.3) is 5.91 Å². The molecule has 6 heteroatoms. The summed E-state index contributed by atoms with van der Waals surface area (Å²) in [5.41, 5.74) is 2.87. The molecule has 134 valence electrons. The average Bonchev–Trinajstić information content (AvgIpc) is 3.11. The van der Waals surface area contributed by atoms with Crippen molar-refractivity contribution in [2.24, 2.45) is 0 Å². The van der Waals surface area contributed by atoms with Crippen molar-refractivity contribution in [1.29, 1.82) is 0 Å². The molecule has 0 saturated carbocycles. The normalized spacial score (nSPS) is 10.7. The highest BCUT2D eigenvalue weighted by Crippen LogP contribution is 2.32. The van der Waals surface area contributed by atoms with Crippen LogP contribution in [0.25, 0.3) is 22.6 Å². The summed E-state index contributed by atoms with van der Waals surface area (Å²) in [5, 5.41) is 2.77. The van der Waals surface area contributed by atoms with Crippen molar-refractivity contribution >= 4 is 22.7 Å². The van der Waals surface area contributed by atoms with Crippen LogP contribution in [0.2, 0.25) is 0 Å². The minimum absolute atomic E-state index is 0.331. The van der Waals surface area contributed by atoms with Gasteiger partial charge in [-0.25, -0.2) is 9.37 Å².